The van der Waals surface area contributed by atoms with Crippen molar-refractivity contribution in [1.82, 2.24) is 0 Å². The van der Waals surface area contributed by atoms with Crippen LogP contribution in [0, 0.1) is 0 Å². The van der Waals surface area contributed by atoms with E-state index in [2.05, 4.69) is 28.9 Å². The lowest BCUT2D eigenvalue weighted by atomic mass is 10.1. The second kappa shape index (κ2) is 5.06. The van der Waals surface area contributed by atoms with E-state index in [1.165, 1.54) is 16.2 Å². The van der Waals surface area contributed by atoms with Gasteiger partial charge in [0, 0.05) is 22.5 Å². The second-order valence-corrected chi connectivity index (χ2v) is 5.77. The van der Waals surface area contributed by atoms with E-state index < -0.39 is 0 Å². The van der Waals surface area contributed by atoms with Crippen LogP contribution in [-0.4, -0.2) is 10.2 Å². The Hall–Kier alpha value is -2.20. The molecule has 3 N–H and O–H groups in total. The summed E-state index contributed by atoms with van der Waals surface area (Å²) >= 11 is 1.72. The molecule has 20 heavy (non-hydrogen) atoms. The minimum Gasteiger partial charge on any atom is -0.508 e. The van der Waals surface area contributed by atoms with Crippen LogP contribution in [-0.2, 0) is 0 Å². The first-order valence-electron chi connectivity index (χ1n) is 6.38. The predicted octanol–water partition coefficient (Wildman–Crippen LogP) is 4.49. The van der Waals surface area contributed by atoms with Crippen molar-refractivity contribution in [2.75, 3.05) is 5.32 Å². The summed E-state index contributed by atoms with van der Waals surface area (Å²) in [6.45, 7) is 1.99. The van der Waals surface area contributed by atoms with Gasteiger partial charge in [0.25, 0.3) is 0 Å². The van der Waals surface area contributed by atoms with Gasteiger partial charge in [-0.1, -0.05) is 0 Å². The molecule has 0 spiro atoms. The van der Waals surface area contributed by atoms with Gasteiger partial charge in [0.05, 0.1) is 0 Å². The molecule has 0 amide bonds. The van der Waals surface area contributed by atoms with E-state index in [0.29, 0.717) is 0 Å². The first-order chi connectivity index (χ1) is 9.61. The Kier molecular flexibility index (Phi) is 3.24. The molecule has 1 heterocycles. The Morgan fingerprint density at radius 3 is 2.50 bits per heavy atom. The van der Waals surface area contributed by atoms with Crippen molar-refractivity contribution in [2.24, 2.45) is 0 Å². The molecule has 2 aromatic carbocycles. The first-order valence-corrected chi connectivity index (χ1v) is 7.26. The van der Waals surface area contributed by atoms with E-state index in [-0.39, 0.29) is 17.5 Å². The largest absolute Gasteiger partial charge is 0.508 e. The van der Waals surface area contributed by atoms with Gasteiger partial charge >= 0.3 is 0 Å². The summed E-state index contributed by atoms with van der Waals surface area (Å²) in [5.41, 5.74) is 1.86. The van der Waals surface area contributed by atoms with E-state index in [1.807, 2.05) is 13.0 Å². The zero-order chi connectivity index (χ0) is 14.1. The number of rotatable bonds is 3. The van der Waals surface area contributed by atoms with Crippen LogP contribution in [0.3, 0.4) is 0 Å². The maximum Gasteiger partial charge on any atom is 0.119 e. The molecule has 0 aliphatic carbocycles. The third-order valence-electron chi connectivity index (χ3n) is 3.26. The van der Waals surface area contributed by atoms with Crippen molar-refractivity contribution in [3.8, 4) is 11.5 Å². The van der Waals surface area contributed by atoms with Crippen molar-refractivity contribution in [2.45, 2.75) is 13.0 Å². The molecule has 0 aliphatic rings. The summed E-state index contributed by atoms with van der Waals surface area (Å²) in [6.07, 6.45) is 0. The summed E-state index contributed by atoms with van der Waals surface area (Å²) < 4.78 is 1.26. The van der Waals surface area contributed by atoms with E-state index in [9.17, 15) is 10.2 Å². The fourth-order valence-corrected chi connectivity index (χ4v) is 3.03. The maximum atomic E-state index is 9.54. The van der Waals surface area contributed by atoms with Crippen molar-refractivity contribution in [1.29, 1.82) is 0 Å². The van der Waals surface area contributed by atoms with Gasteiger partial charge in [0.2, 0.25) is 0 Å². The Morgan fingerprint density at radius 2 is 1.75 bits per heavy atom. The Balaban J connectivity index is 1.85. The van der Waals surface area contributed by atoms with Crippen LogP contribution in [0.4, 0.5) is 5.69 Å². The van der Waals surface area contributed by atoms with Crippen molar-refractivity contribution < 1.29 is 10.2 Å². The van der Waals surface area contributed by atoms with Gasteiger partial charge in [-0.2, -0.15) is 0 Å². The van der Waals surface area contributed by atoms with Gasteiger partial charge in [-0.15, -0.1) is 11.3 Å². The summed E-state index contributed by atoms with van der Waals surface area (Å²) in [5, 5.41) is 25.7. The molecule has 0 saturated carbocycles. The smallest absolute Gasteiger partial charge is 0.119 e. The highest BCUT2D eigenvalue weighted by Gasteiger charge is 2.08. The molecule has 1 atom stereocenters. The number of fused-ring (bicyclic) bond motifs is 1. The molecule has 3 aromatic rings. The number of hydrogen-bond donors (Lipinski definition) is 3. The van der Waals surface area contributed by atoms with Crippen LogP contribution >= 0.6 is 11.3 Å². The molecule has 0 aliphatic heterocycles. The fourth-order valence-electron chi connectivity index (χ4n) is 2.26. The zero-order valence-corrected chi connectivity index (χ0v) is 11.8. The standard InChI is InChI=1S/C16H15NO2S/c1-10(12-7-14(18)9-15(19)8-12)17-13-2-3-16-11(6-13)4-5-20-16/h2-10,17-19H,1H3. The van der Waals surface area contributed by atoms with Crippen LogP contribution in [0.2, 0.25) is 0 Å². The number of aromatic hydroxyl groups is 2. The molecule has 4 heteroatoms. The molecule has 1 aromatic heterocycles. The topological polar surface area (TPSA) is 52.5 Å². The van der Waals surface area contributed by atoms with Gasteiger partial charge in [0.1, 0.15) is 11.5 Å². The SMILES string of the molecule is CC(Nc1ccc2sccc2c1)c1cc(O)cc(O)c1. The summed E-state index contributed by atoms with van der Waals surface area (Å²) in [4.78, 5) is 0. The van der Waals surface area contributed by atoms with Gasteiger partial charge < -0.3 is 15.5 Å². The second-order valence-electron chi connectivity index (χ2n) is 4.82. The van der Waals surface area contributed by atoms with Gasteiger partial charge in [-0.25, -0.2) is 0 Å². The minimum atomic E-state index is -0.0101. The average Bonchev–Trinajstić information content (AvgIpc) is 2.85. The van der Waals surface area contributed by atoms with Crippen LogP contribution < -0.4 is 5.32 Å². The number of benzene rings is 2. The number of thiophene rings is 1. The van der Waals surface area contributed by atoms with Gasteiger partial charge in [-0.3, -0.25) is 0 Å². The number of nitrogens with one attached hydrogen (secondary N) is 1. The average molecular weight is 285 g/mol. The highest BCUT2D eigenvalue weighted by atomic mass is 32.1. The van der Waals surface area contributed by atoms with Crippen molar-refractivity contribution >= 4 is 27.1 Å². The van der Waals surface area contributed by atoms with Gasteiger partial charge in [-0.05, 0) is 59.7 Å². The number of phenolic OH excluding ortho intramolecular Hbond substituents is 2. The normalized spacial score (nSPS) is 12.4. The number of anilines is 1. The molecular formula is C16H15NO2S. The molecule has 3 nitrogen and oxygen atoms in total. The number of phenols is 2. The van der Waals surface area contributed by atoms with E-state index in [4.69, 9.17) is 0 Å². The summed E-state index contributed by atoms with van der Waals surface area (Å²) in [6, 6.07) is 13.0. The van der Waals surface area contributed by atoms with Gasteiger partial charge in [0.15, 0.2) is 0 Å². The molecule has 1 unspecified atom stereocenters. The van der Waals surface area contributed by atoms with Crippen molar-refractivity contribution in [3.05, 3.63) is 53.4 Å². The Bertz CT molecular complexity index is 731. The molecule has 0 fully saturated rings. The van der Waals surface area contributed by atoms with Crippen LogP contribution in [0.15, 0.2) is 47.8 Å². The van der Waals surface area contributed by atoms with Crippen LogP contribution in [0.25, 0.3) is 10.1 Å². The maximum absolute atomic E-state index is 9.54. The lowest BCUT2D eigenvalue weighted by molar-refractivity contribution is 0.448. The van der Waals surface area contributed by atoms with E-state index >= 15 is 0 Å². The van der Waals surface area contributed by atoms with E-state index in [1.54, 1.807) is 23.5 Å². The molecule has 3 rings (SSSR count). The third-order valence-corrected chi connectivity index (χ3v) is 4.16. The van der Waals surface area contributed by atoms with Crippen LogP contribution in [0.5, 0.6) is 11.5 Å². The quantitative estimate of drug-likeness (QED) is 0.664. The summed E-state index contributed by atoms with van der Waals surface area (Å²) in [5.74, 6) is 0.142. The highest BCUT2D eigenvalue weighted by Crippen LogP contribution is 2.29. The lowest BCUT2D eigenvalue weighted by Gasteiger charge is -2.16. The number of hydrogen-bond acceptors (Lipinski definition) is 4. The van der Waals surface area contributed by atoms with Crippen molar-refractivity contribution in [3.63, 3.8) is 0 Å². The third kappa shape index (κ3) is 2.56. The fraction of sp³-hybridized carbons (Fsp3) is 0.125. The molecule has 0 radical (unpaired) electrons. The Labute approximate surface area is 121 Å². The highest BCUT2D eigenvalue weighted by molar-refractivity contribution is 7.17. The first kappa shape index (κ1) is 12.8. The lowest BCUT2D eigenvalue weighted by Crippen LogP contribution is -2.06. The zero-order valence-electron chi connectivity index (χ0n) is 11.0. The summed E-state index contributed by atoms with van der Waals surface area (Å²) in [7, 11) is 0. The molecular weight excluding hydrogens is 270 g/mol. The Morgan fingerprint density at radius 1 is 1.00 bits per heavy atom. The van der Waals surface area contributed by atoms with E-state index in [0.717, 1.165) is 11.3 Å². The predicted molar refractivity (Wildman–Crippen MR) is 83.6 cm³/mol. The van der Waals surface area contributed by atoms with Crippen LogP contribution in [0.1, 0.15) is 18.5 Å². The minimum absolute atomic E-state index is 0.0101. The molecule has 0 bridgehead atoms. The monoisotopic (exact) mass is 285 g/mol. The molecule has 0 saturated heterocycles. The molecule has 102 valence electrons.